The lowest BCUT2D eigenvalue weighted by Gasteiger charge is -2.10. The van der Waals surface area contributed by atoms with Gasteiger partial charge < -0.3 is 19.5 Å². The second-order valence-corrected chi connectivity index (χ2v) is 5.69. The topological polar surface area (TPSA) is 73.9 Å². The van der Waals surface area contributed by atoms with E-state index >= 15 is 0 Å². The monoisotopic (exact) mass is 369 g/mol. The average Bonchev–Trinajstić information content (AvgIpc) is 2.68. The van der Waals surface area contributed by atoms with Crippen LogP contribution >= 0.6 is 0 Å². The molecule has 142 valence electrons. The van der Waals surface area contributed by atoms with Gasteiger partial charge in [0.05, 0.1) is 26.4 Å². The summed E-state index contributed by atoms with van der Waals surface area (Å²) < 4.78 is 15.5. The molecule has 0 saturated heterocycles. The van der Waals surface area contributed by atoms with Crippen LogP contribution in [0, 0.1) is 6.92 Å². The highest BCUT2D eigenvalue weighted by Crippen LogP contribution is 2.28. The highest BCUT2D eigenvalue weighted by Gasteiger charge is 2.09. The minimum absolute atomic E-state index is 0.311. The smallest absolute Gasteiger partial charge is 0.337 e. The molecule has 0 unspecified atom stereocenters. The molecular weight excluding hydrogens is 346 g/mol. The molecule has 2 rings (SSSR count). The van der Waals surface area contributed by atoms with E-state index in [1.54, 1.807) is 43.5 Å². The zero-order valence-corrected chi connectivity index (χ0v) is 15.9. The molecule has 0 aliphatic rings. The number of rotatable bonds is 7. The first-order chi connectivity index (χ1) is 13.0. The Morgan fingerprint density at radius 2 is 1.85 bits per heavy atom. The summed E-state index contributed by atoms with van der Waals surface area (Å²) in [7, 11) is 2.89. The molecular formula is C21H23NO5. The molecule has 0 spiro atoms. The van der Waals surface area contributed by atoms with Crippen LogP contribution in [0.15, 0.2) is 42.5 Å². The van der Waals surface area contributed by atoms with Gasteiger partial charge in [0.1, 0.15) is 0 Å². The lowest BCUT2D eigenvalue weighted by atomic mass is 10.1. The maximum atomic E-state index is 12.3. The summed E-state index contributed by atoms with van der Waals surface area (Å²) in [5.41, 5.74) is 2.57. The molecule has 0 aliphatic heterocycles. The van der Waals surface area contributed by atoms with Crippen molar-refractivity contribution in [3.8, 4) is 11.5 Å². The summed E-state index contributed by atoms with van der Waals surface area (Å²) in [5.74, 6) is 0.481. The molecule has 2 aromatic carbocycles. The van der Waals surface area contributed by atoms with Crippen molar-refractivity contribution in [2.24, 2.45) is 0 Å². The summed E-state index contributed by atoms with van der Waals surface area (Å²) in [6, 6.07) is 10.4. The third-order valence-electron chi connectivity index (χ3n) is 3.83. The molecule has 0 saturated carbocycles. The van der Waals surface area contributed by atoms with E-state index < -0.39 is 5.97 Å². The van der Waals surface area contributed by atoms with Gasteiger partial charge in [-0.25, -0.2) is 4.79 Å². The van der Waals surface area contributed by atoms with Gasteiger partial charge in [-0.3, -0.25) is 4.79 Å². The molecule has 0 bridgehead atoms. The van der Waals surface area contributed by atoms with Crippen molar-refractivity contribution < 1.29 is 23.8 Å². The number of amides is 1. The lowest BCUT2D eigenvalue weighted by Crippen LogP contribution is -2.10. The Kier molecular flexibility index (Phi) is 7.00. The number of carbonyl (C=O) groups excluding carboxylic acids is 2. The van der Waals surface area contributed by atoms with Crippen molar-refractivity contribution in [3.05, 3.63) is 59.2 Å². The van der Waals surface area contributed by atoms with E-state index in [1.807, 2.05) is 19.9 Å². The van der Waals surface area contributed by atoms with Gasteiger partial charge in [-0.05, 0) is 55.3 Å². The number of methoxy groups -OCH3 is 2. The fourth-order valence-corrected chi connectivity index (χ4v) is 2.41. The van der Waals surface area contributed by atoms with Gasteiger partial charge in [-0.2, -0.15) is 0 Å². The highest BCUT2D eigenvalue weighted by molar-refractivity contribution is 6.03. The first kappa shape index (κ1) is 20.0. The van der Waals surface area contributed by atoms with E-state index in [0.717, 1.165) is 11.1 Å². The molecule has 6 heteroatoms. The van der Waals surface area contributed by atoms with Crippen LogP contribution in [0.4, 0.5) is 5.69 Å². The predicted octanol–water partition coefficient (Wildman–Crippen LogP) is 3.84. The van der Waals surface area contributed by atoms with Crippen molar-refractivity contribution in [1.82, 2.24) is 0 Å². The van der Waals surface area contributed by atoms with E-state index in [0.29, 0.717) is 29.4 Å². The van der Waals surface area contributed by atoms with Crippen LogP contribution in [0.2, 0.25) is 0 Å². The summed E-state index contributed by atoms with van der Waals surface area (Å²) >= 11 is 0. The number of benzene rings is 2. The van der Waals surface area contributed by atoms with Crippen molar-refractivity contribution in [2.75, 3.05) is 26.1 Å². The first-order valence-corrected chi connectivity index (χ1v) is 8.47. The van der Waals surface area contributed by atoms with E-state index in [4.69, 9.17) is 14.2 Å². The second kappa shape index (κ2) is 9.43. The van der Waals surface area contributed by atoms with Gasteiger partial charge in [0.15, 0.2) is 11.5 Å². The maximum absolute atomic E-state index is 12.3. The second-order valence-electron chi connectivity index (χ2n) is 5.69. The van der Waals surface area contributed by atoms with E-state index in [9.17, 15) is 9.59 Å². The van der Waals surface area contributed by atoms with Crippen molar-refractivity contribution in [2.45, 2.75) is 13.8 Å². The van der Waals surface area contributed by atoms with Crippen LogP contribution in [0.25, 0.3) is 6.08 Å². The fourth-order valence-electron chi connectivity index (χ4n) is 2.41. The number of hydrogen-bond donors (Lipinski definition) is 1. The molecule has 6 nitrogen and oxygen atoms in total. The third-order valence-corrected chi connectivity index (χ3v) is 3.83. The van der Waals surface area contributed by atoms with Crippen molar-refractivity contribution >= 4 is 23.6 Å². The van der Waals surface area contributed by atoms with E-state index in [-0.39, 0.29) is 5.91 Å². The Bertz CT molecular complexity index is 858. The summed E-state index contributed by atoms with van der Waals surface area (Å²) in [6.07, 6.45) is 3.10. The Balaban J connectivity index is 2.14. The molecule has 0 fully saturated rings. The maximum Gasteiger partial charge on any atom is 0.337 e. The molecule has 0 heterocycles. The van der Waals surface area contributed by atoms with Crippen LogP contribution in [-0.2, 0) is 9.53 Å². The minimum Gasteiger partial charge on any atom is -0.493 e. The highest BCUT2D eigenvalue weighted by atomic mass is 16.5. The van der Waals surface area contributed by atoms with Crippen molar-refractivity contribution in [3.63, 3.8) is 0 Å². The number of nitrogens with one attached hydrogen (secondary N) is 1. The van der Waals surface area contributed by atoms with Crippen LogP contribution in [-0.4, -0.2) is 32.7 Å². The number of esters is 1. The minimum atomic E-state index is -0.456. The quantitative estimate of drug-likeness (QED) is 0.593. The first-order valence-electron chi connectivity index (χ1n) is 8.47. The van der Waals surface area contributed by atoms with Crippen LogP contribution in [0.1, 0.15) is 28.4 Å². The number of hydrogen-bond acceptors (Lipinski definition) is 5. The van der Waals surface area contributed by atoms with Gasteiger partial charge in [0, 0.05) is 11.8 Å². The molecule has 1 amide bonds. The zero-order valence-electron chi connectivity index (χ0n) is 15.9. The summed E-state index contributed by atoms with van der Waals surface area (Å²) in [4.78, 5) is 23.9. The van der Waals surface area contributed by atoms with E-state index in [1.165, 1.54) is 13.2 Å². The van der Waals surface area contributed by atoms with Crippen molar-refractivity contribution in [1.29, 1.82) is 0 Å². The molecule has 0 aliphatic carbocycles. The van der Waals surface area contributed by atoms with Crippen LogP contribution < -0.4 is 14.8 Å². The molecule has 0 atom stereocenters. The van der Waals surface area contributed by atoms with Crippen LogP contribution in [0.3, 0.4) is 0 Å². The standard InChI is InChI=1S/C21H23NO5/c1-5-27-19-12-15(7-10-18(19)25-3)8-11-20(23)22-17-13-16(21(24)26-4)9-6-14(17)2/h6-13H,5H2,1-4H3,(H,22,23)/b11-8+. The normalized spacial score (nSPS) is 10.5. The Labute approximate surface area is 158 Å². The Hall–Kier alpha value is -3.28. The predicted molar refractivity (Wildman–Crippen MR) is 104 cm³/mol. The number of carbonyl (C=O) groups is 2. The zero-order chi connectivity index (χ0) is 19.8. The molecule has 27 heavy (non-hydrogen) atoms. The van der Waals surface area contributed by atoms with Gasteiger partial charge in [-0.15, -0.1) is 0 Å². The Morgan fingerprint density at radius 1 is 1.07 bits per heavy atom. The average molecular weight is 369 g/mol. The molecule has 0 aromatic heterocycles. The number of aryl methyl sites for hydroxylation is 1. The van der Waals surface area contributed by atoms with Gasteiger partial charge in [0.2, 0.25) is 5.91 Å². The third kappa shape index (κ3) is 5.34. The molecule has 1 N–H and O–H groups in total. The van der Waals surface area contributed by atoms with Gasteiger partial charge >= 0.3 is 5.97 Å². The van der Waals surface area contributed by atoms with Gasteiger partial charge in [0.25, 0.3) is 0 Å². The molecule has 2 aromatic rings. The SMILES string of the molecule is CCOc1cc(/C=C/C(=O)Nc2cc(C(=O)OC)ccc2C)ccc1OC. The van der Waals surface area contributed by atoms with E-state index in [2.05, 4.69) is 5.32 Å². The summed E-state index contributed by atoms with van der Waals surface area (Å²) in [5, 5.41) is 2.77. The fraction of sp³-hybridized carbons (Fsp3) is 0.238. The summed E-state index contributed by atoms with van der Waals surface area (Å²) in [6.45, 7) is 4.25. The lowest BCUT2D eigenvalue weighted by molar-refractivity contribution is -0.111. The van der Waals surface area contributed by atoms with Crippen LogP contribution in [0.5, 0.6) is 11.5 Å². The Morgan fingerprint density at radius 3 is 2.52 bits per heavy atom. The largest absolute Gasteiger partial charge is 0.493 e. The molecule has 0 radical (unpaired) electrons. The number of ether oxygens (including phenoxy) is 3. The number of anilines is 1. The van der Waals surface area contributed by atoms with Gasteiger partial charge in [-0.1, -0.05) is 12.1 Å².